The fourth-order valence-electron chi connectivity index (χ4n) is 1.68. The van der Waals surface area contributed by atoms with E-state index >= 15 is 0 Å². The Kier molecular flexibility index (Phi) is 1.48. The molecule has 15 heavy (non-hydrogen) atoms. The number of hydrogen-bond acceptors (Lipinski definition) is 2. The highest BCUT2D eigenvalue weighted by atomic mass is 16.6. The summed E-state index contributed by atoms with van der Waals surface area (Å²) in [7, 11) is 0. The molecule has 1 N–H and O–H groups in total. The van der Waals surface area contributed by atoms with Gasteiger partial charge in [0.2, 0.25) is 0 Å². The summed E-state index contributed by atoms with van der Waals surface area (Å²) >= 11 is 0. The molecular weight excluding hydrogens is 192 g/mol. The number of nitro benzene ring substituents is 1. The Bertz CT molecular complexity index is 596. The van der Waals surface area contributed by atoms with Gasteiger partial charge in [-0.2, -0.15) is 0 Å². The number of allylic oxidation sites excluding steroid dienone is 2. The van der Waals surface area contributed by atoms with Crippen LogP contribution in [0.1, 0.15) is 12.1 Å². The van der Waals surface area contributed by atoms with Crippen LogP contribution in [0.4, 0.5) is 5.69 Å². The number of hydrogen-bond donors (Lipinski definition) is 1. The van der Waals surface area contributed by atoms with Crippen molar-refractivity contribution in [1.29, 1.82) is 0 Å². The second kappa shape index (κ2) is 2.70. The van der Waals surface area contributed by atoms with Crippen molar-refractivity contribution in [2.24, 2.45) is 0 Å². The van der Waals surface area contributed by atoms with Crippen LogP contribution in [0.3, 0.4) is 0 Å². The molecule has 3 rings (SSSR count). The minimum Gasteiger partial charge on any atom is -0.355 e. The van der Waals surface area contributed by atoms with Gasteiger partial charge < -0.3 is 4.98 Å². The molecule has 74 valence electrons. The van der Waals surface area contributed by atoms with E-state index in [2.05, 4.69) is 11.1 Å². The molecule has 0 amide bonds. The Balaban J connectivity index is 2.17. The Labute approximate surface area is 85.4 Å². The van der Waals surface area contributed by atoms with E-state index in [0.717, 1.165) is 23.0 Å². The first-order valence-corrected chi connectivity index (χ1v) is 4.70. The van der Waals surface area contributed by atoms with Gasteiger partial charge >= 0.3 is 0 Å². The van der Waals surface area contributed by atoms with Crippen LogP contribution < -0.4 is 0 Å². The molecule has 0 aliphatic heterocycles. The molecule has 0 saturated carbocycles. The van der Waals surface area contributed by atoms with E-state index in [0.29, 0.717) is 0 Å². The molecule has 0 unspecified atom stereocenters. The number of benzene rings is 1. The molecule has 4 nitrogen and oxygen atoms in total. The molecule has 0 radical (unpaired) electrons. The molecular formula is C11H8N2O2. The van der Waals surface area contributed by atoms with Gasteiger partial charge in [-0.25, -0.2) is 0 Å². The Morgan fingerprint density at radius 3 is 2.80 bits per heavy atom. The largest absolute Gasteiger partial charge is 0.355 e. The molecule has 0 saturated heterocycles. The maximum Gasteiger partial charge on any atom is 0.270 e. The normalized spacial score (nSPS) is 14.0. The number of aromatic nitrogens is 1. The average molecular weight is 200 g/mol. The van der Waals surface area contributed by atoms with Crippen LogP contribution in [0.5, 0.6) is 0 Å². The van der Waals surface area contributed by atoms with Crippen LogP contribution in [0.2, 0.25) is 0 Å². The maximum absolute atomic E-state index is 10.6. The fraction of sp³-hybridized carbons (Fsp3) is 0.0909. The molecule has 0 fully saturated rings. The van der Waals surface area contributed by atoms with Gasteiger partial charge in [-0.3, -0.25) is 10.1 Å². The number of rotatable bonds is 2. The standard InChI is InChI=1S/C11H8N2O2/c14-13(15)9-3-4-10-8(5-9)6-11(12-10)7-1-2-7/h1,3-6,12H,2H2. The van der Waals surface area contributed by atoms with E-state index in [4.69, 9.17) is 0 Å². The molecule has 0 spiro atoms. The van der Waals surface area contributed by atoms with Crippen molar-refractivity contribution in [2.75, 3.05) is 0 Å². The van der Waals surface area contributed by atoms with Gasteiger partial charge in [0.05, 0.1) is 4.92 Å². The summed E-state index contributed by atoms with van der Waals surface area (Å²) < 4.78 is 0. The first-order valence-electron chi connectivity index (χ1n) is 4.70. The summed E-state index contributed by atoms with van der Waals surface area (Å²) in [5, 5.41) is 11.5. The molecule has 1 heterocycles. The number of fused-ring (bicyclic) bond motifs is 1. The smallest absolute Gasteiger partial charge is 0.270 e. The molecule has 1 aliphatic rings. The van der Waals surface area contributed by atoms with Gasteiger partial charge in [0, 0.05) is 28.7 Å². The molecule has 0 bridgehead atoms. The summed E-state index contributed by atoms with van der Waals surface area (Å²) in [5.41, 5.74) is 3.44. The lowest BCUT2D eigenvalue weighted by molar-refractivity contribution is -0.384. The first-order chi connectivity index (χ1) is 7.24. The zero-order valence-electron chi connectivity index (χ0n) is 7.86. The predicted octanol–water partition coefficient (Wildman–Crippen LogP) is 2.86. The molecule has 1 aromatic heterocycles. The molecule has 4 heteroatoms. The van der Waals surface area contributed by atoms with Crippen molar-refractivity contribution >= 4 is 22.2 Å². The molecule has 0 atom stereocenters. The number of nitro groups is 1. The van der Waals surface area contributed by atoms with Crippen molar-refractivity contribution in [3.63, 3.8) is 0 Å². The van der Waals surface area contributed by atoms with Crippen LogP contribution in [0.25, 0.3) is 16.5 Å². The third kappa shape index (κ3) is 1.30. The van der Waals surface area contributed by atoms with E-state index in [1.54, 1.807) is 12.1 Å². The van der Waals surface area contributed by atoms with Gasteiger partial charge in [0.15, 0.2) is 0 Å². The topological polar surface area (TPSA) is 58.9 Å². The van der Waals surface area contributed by atoms with E-state index in [-0.39, 0.29) is 10.6 Å². The van der Waals surface area contributed by atoms with Crippen molar-refractivity contribution in [1.82, 2.24) is 4.98 Å². The first kappa shape index (κ1) is 8.23. The highest BCUT2D eigenvalue weighted by Crippen LogP contribution is 2.32. The zero-order chi connectivity index (χ0) is 10.4. The maximum atomic E-state index is 10.6. The van der Waals surface area contributed by atoms with Crippen LogP contribution in [-0.4, -0.2) is 9.91 Å². The second-order valence-electron chi connectivity index (χ2n) is 3.65. The third-order valence-corrected chi connectivity index (χ3v) is 2.57. The van der Waals surface area contributed by atoms with E-state index < -0.39 is 0 Å². The minimum absolute atomic E-state index is 0.137. The highest BCUT2D eigenvalue weighted by molar-refractivity contribution is 5.89. The number of nitrogens with zero attached hydrogens (tertiary/aromatic N) is 1. The predicted molar refractivity (Wildman–Crippen MR) is 57.5 cm³/mol. The van der Waals surface area contributed by atoms with Gasteiger partial charge in [0.1, 0.15) is 0 Å². The lowest BCUT2D eigenvalue weighted by Gasteiger charge is -1.90. The monoisotopic (exact) mass is 200 g/mol. The molecule has 2 aromatic rings. The van der Waals surface area contributed by atoms with Crippen LogP contribution in [0.15, 0.2) is 30.3 Å². The average Bonchev–Trinajstić information content (AvgIpc) is 2.97. The fourth-order valence-corrected chi connectivity index (χ4v) is 1.68. The lowest BCUT2D eigenvalue weighted by Crippen LogP contribution is -1.86. The lowest BCUT2D eigenvalue weighted by atomic mass is 10.2. The Morgan fingerprint density at radius 2 is 2.13 bits per heavy atom. The van der Waals surface area contributed by atoms with E-state index in [1.807, 2.05) is 6.07 Å². The summed E-state index contributed by atoms with van der Waals surface area (Å²) in [4.78, 5) is 13.4. The number of aromatic amines is 1. The van der Waals surface area contributed by atoms with Crippen molar-refractivity contribution in [3.8, 4) is 0 Å². The van der Waals surface area contributed by atoms with E-state index in [1.165, 1.54) is 11.6 Å². The number of H-pyrrole nitrogens is 1. The Hall–Kier alpha value is -2.10. The second-order valence-corrected chi connectivity index (χ2v) is 3.65. The van der Waals surface area contributed by atoms with Gasteiger partial charge in [-0.15, -0.1) is 0 Å². The van der Waals surface area contributed by atoms with Crippen molar-refractivity contribution in [3.05, 3.63) is 46.1 Å². The van der Waals surface area contributed by atoms with E-state index in [9.17, 15) is 10.1 Å². The van der Waals surface area contributed by atoms with Gasteiger partial charge in [-0.05, 0) is 24.1 Å². The third-order valence-electron chi connectivity index (χ3n) is 2.57. The summed E-state index contributed by atoms with van der Waals surface area (Å²) in [6.07, 6.45) is 3.15. The Morgan fingerprint density at radius 1 is 1.33 bits per heavy atom. The summed E-state index contributed by atoms with van der Waals surface area (Å²) in [6, 6.07) is 6.82. The molecule has 1 aliphatic carbocycles. The summed E-state index contributed by atoms with van der Waals surface area (Å²) in [6.45, 7) is 0. The SMILES string of the molecule is O=[N+]([O-])c1ccc2[nH]c(C3=CC3)cc2c1. The van der Waals surface area contributed by atoms with Crippen LogP contribution in [0, 0.1) is 10.1 Å². The van der Waals surface area contributed by atoms with Crippen molar-refractivity contribution in [2.45, 2.75) is 6.42 Å². The minimum atomic E-state index is -0.373. The number of non-ortho nitro benzene ring substituents is 1. The van der Waals surface area contributed by atoms with Gasteiger partial charge in [0.25, 0.3) is 5.69 Å². The van der Waals surface area contributed by atoms with Crippen LogP contribution in [-0.2, 0) is 0 Å². The van der Waals surface area contributed by atoms with Crippen LogP contribution >= 0.6 is 0 Å². The zero-order valence-corrected chi connectivity index (χ0v) is 7.86. The summed E-state index contributed by atoms with van der Waals surface area (Å²) in [5.74, 6) is 0. The number of nitrogens with one attached hydrogen (secondary N) is 1. The van der Waals surface area contributed by atoms with Crippen molar-refractivity contribution < 1.29 is 4.92 Å². The van der Waals surface area contributed by atoms with Gasteiger partial charge in [-0.1, -0.05) is 6.08 Å². The highest BCUT2D eigenvalue weighted by Gasteiger charge is 2.14. The molecule has 1 aromatic carbocycles. The quantitative estimate of drug-likeness (QED) is 0.598.